The molecule has 1 saturated heterocycles. The van der Waals surface area contributed by atoms with E-state index in [1.807, 2.05) is 12.1 Å². The first kappa shape index (κ1) is 19.6. The number of rotatable bonds is 8. The van der Waals surface area contributed by atoms with E-state index in [2.05, 4.69) is 15.2 Å². The summed E-state index contributed by atoms with van der Waals surface area (Å²) < 4.78 is 10.8. The molecule has 0 saturated carbocycles. The van der Waals surface area contributed by atoms with Crippen molar-refractivity contribution in [2.75, 3.05) is 37.8 Å². The summed E-state index contributed by atoms with van der Waals surface area (Å²) in [5.41, 5.74) is 0.951. The number of carbonyl (C=O) groups is 1. The number of morpholine rings is 1. The maximum absolute atomic E-state index is 12.1. The van der Waals surface area contributed by atoms with Crippen LogP contribution >= 0.6 is 0 Å². The highest BCUT2D eigenvalue weighted by molar-refractivity contribution is 5.76. The molecule has 3 rings (SSSR count). The van der Waals surface area contributed by atoms with Crippen molar-refractivity contribution in [2.45, 2.75) is 13.0 Å². The van der Waals surface area contributed by atoms with Gasteiger partial charge in [-0.1, -0.05) is 6.07 Å². The van der Waals surface area contributed by atoms with Crippen molar-refractivity contribution in [3.05, 3.63) is 58.3 Å². The number of hydrogen-bond donors (Lipinski definition) is 1. The van der Waals surface area contributed by atoms with Crippen molar-refractivity contribution in [3.8, 4) is 5.75 Å². The zero-order chi connectivity index (χ0) is 19.8. The molecule has 0 bridgehead atoms. The molecule has 9 nitrogen and oxygen atoms in total. The number of nitro benzene ring substituents is 1. The highest BCUT2D eigenvalue weighted by Gasteiger charge is 2.16. The van der Waals surface area contributed by atoms with Gasteiger partial charge < -0.3 is 19.7 Å². The smallest absolute Gasteiger partial charge is 0.269 e. The topological polar surface area (TPSA) is 107 Å². The zero-order valence-electron chi connectivity index (χ0n) is 15.4. The Labute approximate surface area is 162 Å². The minimum Gasteiger partial charge on any atom is -0.493 e. The Morgan fingerprint density at radius 3 is 2.71 bits per heavy atom. The van der Waals surface area contributed by atoms with Crippen LogP contribution in [0.3, 0.4) is 0 Å². The van der Waals surface area contributed by atoms with Gasteiger partial charge >= 0.3 is 0 Å². The van der Waals surface area contributed by atoms with Crippen molar-refractivity contribution in [2.24, 2.45) is 0 Å². The van der Waals surface area contributed by atoms with Gasteiger partial charge in [0, 0.05) is 43.5 Å². The molecule has 2 aromatic rings. The molecule has 1 aromatic carbocycles. The average molecular weight is 386 g/mol. The first-order chi connectivity index (χ1) is 13.6. The van der Waals surface area contributed by atoms with Gasteiger partial charge in [0.05, 0.1) is 31.2 Å². The van der Waals surface area contributed by atoms with E-state index < -0.39 is 4.92 Å². The predicted octanol–water partition coefficient (Wildman–Crippen LogP) is 1.91. The molecule has 0 atom stereocenters. The third kappa shape index (κ3) is 5.40. The molecular formula is C19H22N4O5. The highest BCUT2D eigenvalue weighted by atomic mass is 16.6. The van der Waals surface area contributed by atoms with Crippen molar-refractivity contribution < 1.29 is 19.2 Å². The normalized spacial score (nSPS) is 13.8. The van der Waals surface area contributed by atoms with E-state index in [1.165, 1.54) is 24.3 Å². The number of pyridine rings is 1. The second-order valence-electron chi connectivity index (χ2n) is 6.21. The molecule has 2 heterocycles. The summed E-state index contributed by atoms with van der Waals surface area (Å²) >= 11 is 0. The molecule has 1 aliphatic heterocycles. The summed E-state index contributed by atoms with van der Waals surface area (Å²) in [4.78, 5) is 28.9. The molecule has 9 heteroatoms. The highest BCUT2D eigenvalue weighted by Crippen LogP contribution is 2.19. The second kappa shape index (κ2) is 9.65. The quantitative estimate of drug-likeness (QED) is 0.545. The molecular weight excluding hydrogens is 364 g/mol. The monoisotopic (exact) mass is 386 g/mol. The SMILES string of the molecule is O=C(CCOc1ccc([N+](=O)[O-])cc1)NCc1cccnc1N1CCOCC1. The lowest BCUT2D eigenvalue weighted by Crippen LogP contribution is -2.37. The van der Waals surface area contributed by atoms with Gasteiger partial charge in [0.1, 0.15) is 11.6 Å². The van der Waals surface area contributed by atoms with Crippen LogP contribution in [0.4, 0.5) is 11.5 Å². The molecule has 0 radical (unpaired) electrons. The number of anilines is 1. The molecule has 1 amide bonds. The number of aromatic nitrogens is 1. The van der Waals surface area contributed by atoms with E-state index >= 15 is 0 Å². The van der Waals surface area contributed by atoms with Crippen molar-refractivity contribution in [1.82, 2.24) is 10.3 Å². The fourth-order valence-electron chi connectivity index (χ4n) is 2.84. The fourth-order valence-corrected chi connectivity index (χ4v) is 2.84. The van der Waals surface area contributed by atoms with E-state index in [0.717, 1.165) is 24.5 Å². The summed E-state index contributed by atoms with van der Waals surface area (Å²) in [6.45, 7) is 3.47. The molecule has 0 unspecified atom stereocenters. The molecule has 0 aliphatic carbocycles. The summed E-state index contributed by atoms with van der Waals surface area (Å²) in [5.74, 6) is 1.21. The van der Waals surface area contributed by atoms with Crippen molar-refractivity contribution in [3.63, 3.8) is 0 Å². The van der Waals surface area contributed by atoms with E-state index in [-0.39, 0.29) is 24.6 Å². The van der Waals surface area contributed by atoms with Crippen molar-refractivity contribution >= 4 is 17.4 Å². The molecule has 1 N–H and O–H groups in total. The number of hydrogen-bond acceptors (Lipinski definition) is 7. The van der Waals surface area contributed by atoms with Crippen LogP contribution < -0.4 is 15.0 Å². The van der Waals surface area contributed by atoms with Crippen LogP contribution in [0, 0.1) is 10.1 Å². The Balaban J connectivity index is 1.45. The van der Waals surface area contributed by atoms with Crippen molar-refractivity contribution in [1.29, 1.82) is 0 Å². The van der Waals surface area contributed by atoms with Gasteiger partial charge in [-0.05, 0) is 18.2 Å². The van der Waals surface area contributed by atoms with Crippen LogP contribution in [-0.2, 0) is 16.1 Å². The molecule has 1 aromatic heterocycles. The van der Waals surface area contributed by atoms with Crippen LogP contribution in [0.25, 0.3) is 0 Å². The number of nitrogens with one attached hydrogen (secondary N) is 1. The lowest BCUT2D eigenvalue weighted by molar-refractivity contribution is -0.384. The van der Waals surface area contributed by atoms with Crippen LogP contribution in [0.15, 0.2) is 42.6 Å². The van der Waals surface area contributed by atoms with Gasteiger partial charge in [-0.3, -0.25) is 14.9 Å². The van der Waals surface area contributed by atoms with Gasteiger partial charge in [-0.25, -0.2) is 4.98 Å². The van der Waals surface area contributed by atoms with Crippen LogP contribution in [0.1, 0.15) is 12.0 Å². The Kier molecular flexibility index (Phi) is 6.74. The molecule has 148 valence electrons. The zero-order valence-corrected chi connectivity index (χ0v) is 15.4. The lowest BCUT2D eigenvalue weighted by Gasteiger charge is -2.29. The third-order valence-electron chi connectivity index (χ3n) is 4.30. The summed E-state index contributed by atoms with van der Waals surface area (Å²) in [7, 11) is 0. The number of non-ortho nitro benzene ring substituents is 1. The van der Waals surface area contributed by atoms with E-state index in [1.54, 1.807) is 6.20 Å². The Morgan fingerprint density at radius 1 is 1.25 bits per heavy atom. The van der Waals surface area contributed by atoms with Gasteiger partial charge in [-0.2, -0.15) is 0 Å². The minimum absolute atomic E-state index is 0.00219. The summed E-state index contributed by atoms with van der Waals surface area (Å²) in [6.07, 6.45) is 1.93. The number of amides is 1. The van der Waals surface area contributed by atoms with Crippen LogP contribution in [0.5, 0.6) is 5.75 Å². The molecule has 28 heavy (non-hydrogen) atoms. The second-order valence-corrected chi connectivity index (χ2v) is 6.21. The number of nitro groups is 1. The Hall–Kier alpha value is -3.20. The fraction of sp³-hybridized carbons (Fsp3) is 0.368. The van der Waals surface area contributed by atoms with Crippen LogP contribution in [0.2, 0.25) is 0 Å². The minimum atomic E-state index is -0.471. The van der Waals surface area contributed by atoms with Gasteiger partial charge in [0.25, 0.3) is 5.69 Å². The molecule has 0 spiro atoms. The predicted molar refractivity (Wildman–Crippen MR) is 102 cm³/mol. The van der Waals surface area contributed by atoms with Gasteiger partial charge in [0.2, 0.25) is 5.91 Å². The largest absolute Gasteiger partial charge is 0.493 e. The Morgan fingerprint density at radius 2 is 2.00 bits per heavy atom. The molecule has 1 aliphatic rings. The number of ether oxygens (including phenoxy) is 2. The van der Waals surface area contributed by atoms with Gasteiger partial charge in [0.15, 0.2) is 0 Å². The number of carbonyl (C=O) groups excluding carboxylic acids is 1. The average Bonchev–Trinajstić information content (AvgIpc) is 2.73. The number of nitrogens with zero attached hydrogens (tertiary/aromatic N) is 3. The summed E-state index contributed by atoms with van der Waals surface area (Å²) in [5, 5.41) is 13.5. The van der Waals surface area contributed by atoms with Gasteiger partial charge in [-0.15, -0.1) is 0 Å². The molecule has 1 fully saturated rings. The van der Waals surface area contributed by atoms with E-state index in [9.17, 15) is 14.9 Å². The van der Waals surface area contributed by atoms with E-state index in [0.29, 0.717) is 25.5 Å². The van der Waals surface area contributed by atoms with Crippen LogP contribution in [-0.4, -0.2) is 48.7 Å². The Bertz CT molecular complexity index is 806. The lowest BCUT2D eigenvalue weighted by atomic mass is 10.2. The van der Waals surface area contributed by atoms with E-state index in [4.69, 9.17) is 9.47 Å². The summed E-state index contributed by atoms with van der Waals surface area (Å²) in [6, 6.07) is 9.56. The standard InChI is InChI=1S/C19H22N4O5/c24-18(7-11-28-17-5-3-16(4-6-17)23(25)26)21-14-15-2-1-8-20-19(15)22-9-12-27-13-10-22/h1-6,8H,7,9-14H2,(H,21,24). The maximum atomic E-state index is 12.1. The first-order valence-electron chi connectivity index (χ1n) is 9.04. The number of benzene rings is 1. The maximum Gasteiger partial charge on any atom is 0.269 e. The third-order valence-corrected chi connectivity index (χ3v) is 4.30. The first-order valence-corrected chi connectivity index (χ1v) is 9.04.